The zero-order valence-corrected chi connectivity index (χ0v) is 14.7. The zero-order valence-electron chi connectivity index (χ0n) is 13.9. The first kappa shape index (κ1) is 16.5. The third-order valence-corrected chi connectivity index (χ3v) is 4.91. The van der Waals surface area contributed by atoms with Gasteiger partial charge in [-0.25, -0.2) is 4.79 Å². The van der Waals surface area contributed by atoms with Crippen molar-refractivity contribution < 1.29 is 13.6 Å². The maximum Gasteiger partial charge on any atom is 0.336 e. The molecule has 3 heterocycles. The van der Waals surface area contributed by atoms with Crippen LogP contribution in [-0.4, -0.2) is 21.9 Å². The van der Waals surface area contributed by atoms with Crippen molar-refractivity contribution in [2.45, 2.75) is 17.5 Å². The molecule has 3 aromatic heterocycles. The van der Waals surface area contributed by atoms with E-state index in [2.05, 4.69) is 10.2 Å². The van der Waals surface area contributed by atoms with Gasteiger partial charge in [-0.15, -0.1) is 10.2 Å². The molecule has 4 rings (SSSR count). The van der Waals surface area contributed by atoms with E-state index in [0.29, 0.717) is 23.6 Å². The van der Waals surface area contributed by atoms with Crippen LogP contribution in [0.2, 0.25) is 0 Å². The van der Waals surface area contributed by atoms with Crippen molar-refractivity contribution in [1.82, 2.24) is 14.8 Å². The van der Waals surface area contributed by atoms with Crippen molar-refractivity contribution in [3.8, 4) is 5.75 Å². The molecule has 0 saturated carbocycles. The van der Waals surface area contributed by atoms with Gasteiger partial charge in [0, 0.05) is 23.3 Å². The number of benzene rings is 1. The average Bonchev–Trinajstić information content (AvgIpc) is 3.31. The maximum atomic E-state index is 11.9. The van der Waals surface area contributed by atoms with Gasteiger partial charge in [0.15, 0.2) is 5.16 Å². The lowest BCUT2D eigenvalue weighted by Gasteiger charge is -2.07. The van der Waals surface area contributed by atoms with Crippen molar-refractivity contribution in [2.24, 2.45) is 0 Å². The fourth-order valence-electron chi connectivity index (χ4n) is 2.63. The van der Waals surface area contributed by atoms with Crippen LogP contribution in [0.15, 0.2) is 67.8 Å². The molecule has 0 radical (unpaired) electrons. The van der Waals surface area contributed by atoms with Crippen molar-refractivity contribution in [3.05, 3.63) is 70.7 Å². The molecular weight excluding hydrogens is 354 g/mol. The molecule has 0 amide bonds. The van der Waals surface area contributed by atoms with E-state index in [4.69, 9.17) is 13.6 Å². The third-order valence-electron chi connectivity index (χ3n) is 3.88. The molecule has 0 spiro atoms. The summed E-state index contributed by atoms with van der Waals surface area (Å²) in [5, 5.41) is 9.74. The Bertz CT molecular complexity index is 1090. The molecule has 0 aliphatic rings. The molecule has 0 saturated heterocycles. The Morgan fingerprint density at radius 1 is 1.27 bits per heavy atom. The predicted octanol–water partition coefficient (Wildman–Crippen LogP) is 3.33. The Hall–Kier alpha value is -3.00. The quantitative estimate of drug-likeness (QED) is 0.381. The summed E-state index contributed by atoms with van der Waals surface area (Å²) < 4.78 is 17.7. The van der Waals surface area contributed by atoms with Gasteiger partial charge < -0.3 is 18.1 Å². The molecule has 8 heteroatoms. The SMILES string of the molecule is COc1ccc2c(CSc3nncn3Cc3ccco3)cc(=O)oc2c1. The number of methoxy groups -OCH3 is 1. The van der Waals surface area contributed by atoms with Crippen molar-refractivity contribution in [1.29, 1.82) is 0 Å². The predicted molar refractivity (Wildman–Crippen MR) is 96.4 cm³/mol. The van der Waals surface area contributed by atoms with E-state index in [9.17, 15) is 4.79 Å². The molecule has 7 nitrogen and oxygen atoms in total. The van der Waals surface area contributed by atoms with E-state index in [1.807, 2.05) is 28.8 Å². The Labute approximate surface area is 152 Å². The van der Waals surface area contributed by atoms with Gasteiger partial charge in [-0.05, 0) is 29.8 Å². The lowest BCUT2D eigenvalue weighted by molar-refractivity contribution is 0.414. The molecule has 4 aromatic rings. The number of furan rings is 1. The lowest BCUT2D eigenvalue weighted by Crippen LogP contribution is -2.02. The summed E-state index contributed by atoms with van der Waals surface area (Å²) in [7, 11) is 1.57. The molecule has 26 heavy (non-hydrogen) atoms. The lowest BCUT2D eigenvalue weighted by atomic mass is 10.1. The minimum atomic E-state index is -0.390. The van der Waals surface area contributed by atoms with Gasteiger partial charge in [-0.3, -0.25) is 0 Å². The average molecular weight is 369 g/mol. The smallest absolute Gasteiger partial charge is 0.336 e. The van der Waals surface area contributed by atoms with Gasteiger partial charge in [0.1, 0.15) is 23.4 Å². The highest BCUT2D eigenvalue weighted by Gasteiger charge is 2.11. The Kier molecular flexibility index (Phi) is 4.49. The second kappa shape index (κ2) is 7.09. The Morgan fingerprint density at radius 2 is 2.19 bits per heavy atom. The number of hydrogen-bond acceptors (Lipinski definition) is 7. The normalized spacial score (nSPS) is 11.1. The van der Waals surface area contributed by atoms with Crippen molar-refractivity contribution in [3.63, 3.8) is 0 Å². The molecule has 0 atom stereocenters. The first-order valence-corrected chi connectivity index (χ1v) is 8.85. The number of thioether (sulfide) groups is 1. The highest BCUT2D eigenvalue weighted by Crippen LogP contribution is 2.27. The van der Waals surface area contributed by atoms with E-state index < -0.39 is 5.63 Å². The number of aromatic nitrogens is 3. The van der Waals surface area contributed by atoms with Gasteiger partial charge in [0.25, 0.3) is 0 Å². The Morgan fingerprint density at radius 3 is 3.00 bits per heavy atom. The van der Waals surface area contributed by atoms with Crippen LogP contribution in [0.1, 0.15) is 11.3 Å². The molecule has 132 valence electrons. The van der Waals surface area contributed by atoms with Gasteiger partial charge in [-0.2, -0.15) is 0 Å². The third kappa shape index (κ3) is 3.36. The highest BCUT2D eigenvalue weighted by molar-refractivity contribution is 7.98. The summed E-state index contributed by atoms with van der Waals surface area (Å²) in [5.74, 6) is 2.03. The fraction of sp³-hybridized carbons (Fsp3) is 0.167. The van der Waals surface area contributed by atoms with E-state index in [1.165, 1.54) is 17.8 Å². The molecular formula is C18H15N3O4S. The first-order valence-electron chi connectivity index (χ1n) is 7.87. The van der Waals surface area contributed by atoms with Crippen LogP contribution in [0, 0.1) is 0 Å². The summed E-state index contributed by atoms with van der Waals surface area (Å²) in [5.41, 5.74) is 0.986. The van der Waals surface area contributed by atoms with Gasteiger partial charge in [0.05, 0.1) is 19.9 Å². The van der Waals surface area contributed by atoms with Gasteiger partial charge in [0.2, 0.25) is 0 Å². The summed E-state index contributed by atoms with van der Waals surface area (Å²) in [4.78, 5) is 11.9. The summed E-state index contributed by atoms with van der Waals surface area (Å²) >= 11 is 1.50. The van der Waals surface area contributed by atoms with Crippen LogP contribution in [0.3, 0.4) is 0 Å². The second-order valence-corrected chi connectivity index (χ2v) is 6.50. The van der Waals surface area contributed by atoms with Crippen molar-refractivity contribution in [2.75, 3.05) is 7.11 Å². The van der Waals surface area contributed by atoms with E-state index in [0.717, 1.165) is 21.9 Å². The van der Waals surface area contributed by atoms with Gasteiger partial charge >= 0.3 is 5.63 Å². The molecule has 1 aromatic carbocycles. The van der Waals surface area contributed by atoms with Gasteiger partial charge in [-0.1, -0.05) is 11.8 Å². The van der Waals surface area contributed by atoms with E-state index >= 15 is 0 Å². The molecule has 0 bridgehead atoms. The first-order chi connectivity index (χ1) is 12.7. The highest BCUT2D eigenvalue weighted by atomic mass is 32.2. The number of rotatable bonds is 6. The molecule has 0 aliphatic heterocycles. The largest absolute Gasteiger partial charge is 0.497 e. The summed E-state index contributed by atoms with van der Waals surface area (Å²) in [6, 6.07) is 10.7. The van der Waals surface area contributed by atoms with Crippen LogP contribution in [-0.2, 0) is 12.3 Å². The number of nitrogens with zero attached hydrogens (tertiary/aromatic N) is 3. The standard InChI is InChI=1S/C18H15N3O4S/c1-23-13-4-5-15-12(7-17(22)25-16(15)8-13)10-26-18-20-19-11-21(18)9-14-3-2-6-24-14/h2-8,11H,9-10H2,1H3. The van der Waals surface area contributed by atoms with Crippen molar-refractivity contribution >= 4 is 22.7 Å². The van der Waals surface area contributed by atoms with E-state index in [1.54, 1.807) is 25.8 Å². The number of ether oxygens (including phenoxy) is 1. The number of fused-ring (bicyclic) bond motifs is 1. The summed E-state index contributed by atoms with van der Waals surface area (Å²) in [6.07, 6.45) is 3.29. The molecule has 0 aliphatic carbocycles. The molecule has 0 unspecified atom stereocenters. The van der Waals surface area contributed by atoms with Crippen LogP contribution < -0.4 is 10.4 Å². The van der Waals surface area contributed by atoms with Crippen LogP contribution in [0.4, 0.5) is 0 Å². The maximum absolute atomic E-state index is 11.9. The minimum absolute atomic E-state index is 0.390. The van der Waals surface area contributed by atoms with Crippen LogP contribution in [0.25, 0.3) is 11.0 Å². The number of hydrogen-bond donors (Lipinski definition) is 0. The monoisotopic (exact) mass is 369 g/mol. The Balaban J connectivity index is 1.59. The van der Waals surface area contributed by atoms with Crippen LogP contribution >= 0.6 is 11.8 Å². The van der Waals surface area contributed by atoms with E-state index in [-0.39, 0.29) is 0 Å². The summed E-state index contributed by atoms with van der Waals surface area (Å²) in [6.45, 7) is 0.553. The van der Waals surface area contributed by atoms with Crippen LogP contribution in [0.5, 0.6) is 5.75 Å². The fourth-order valence-corrected chi connectivity index (χ4v) is 3.54. The topological polar surface area (TPSA) is 83.3 Å². The zero-order chi connectivity index (χ0) is 17.9. The minimum Gasteiger partial charge on any atom is -0.497 e. The molecule has 0 N–H and O–H groups in total. The second-order valence-electron chi connectivity index (χ2n) is 5.56. The molecule has 0 fully saturated rings.